The van der Waals surface area contributed by atoms with Crippen LogP contribution in [0.5, 0.6) is 0 Å². The van der Waals surface area contributed by atoms with Gasteiger partial charge in [0, 0.05) is 17.5 Å². The lowest BCUT2D eigenvalue weighted by molar-refractivity contribution is 0.464. The average molecular weight is 239 g/mol. The van der Waals surface area contributed by atoms with Gasteiger partial charge in [-0.15, -0.1) is 0 Å². The summed E-state index contributed by atoms with van der Waals surface area (Å²) in [5, 5.41) is 0.686. The van der Waals surface area contributed by atoms with Gasteiger partial charge < -0.3 is 10.2 Å². The average Bonchev–Trinajstić information content (AvgIpc) is 2.63. The van der Waals surface area contributed by atoms with Crippen LogP contribution in [0.25, 0.3) is 11.1 Å². The lowest BCUT2D eigenvalue weighted by atomic mass is 10.1. The molecule has 0 saturated carbocycles. The monoisotopic (exact) mass is 238 g/mol. The van der Waals surface area contributed by atoms with Gasteiger partial charge >= 0.3 is 0 Å². The molecule has 86 valence electrons. The van der Waals surface area contributed by atoms with Crippen molar-refractivity contribution in [3.8, 4) is 0 Å². The Labute approximate surface area is 99.6 Å². The summed E-state index contributed by atoms with van der Waals surface area (Å²) in [6.07, 6.45) is 0.927. The molecule has 0 fully saturated rings. The highest BCUT2D eigenvalue weighted by molar-refractivity contribution is 6.31. The third-order valence-corrected chi connectivity index (χ3v) is 3.00. The minimum absolute atomic E-state index is 0.186. The van der Waals surface area contributed by atoms with Crippen molar-refractivity contribution >= 4 is 22.7 Å². The highest BCUT2D eigenvalue weighted by Crippen LogP contribution is 2.27. The zero-order chi connectivity index (χ0) is 11.7. The highest BCUT2D eigenvalue weighted by Gasteiger charge is 2.16. The van der Waals surface area contributed by atoms with E-state index in [-0.39, 0.29) is 5.92 Å². The van der Waals surface area contributed by atoms with Crippen LogP contribution in [0, 0.1) is 6.92 Å². The molecular formula is C12H15ClN2O. The number of aromatic nitrogens is 1. The molecule has 1 heterocycles. The number of hydrogen-bond acceptors (Lipinski definition) is 3. The van der Waals surface area contributed by atoms with Crippen LogP contribution in [0.1, 0.15) is 30.7 Å². The van der Waals surface area contributed by atoms with Crippen molar-refractivity contribution in [2.24, 2.45) is 5.73 Å². The SMILES string of the molecule is CCC(CN)c1nc2cc(Cl)cc(C)c2o1. The third kappa shape index (κ3) is 1.93. The van der Waals surface area contributed by atoms with Crippen molar-refractivity contribution in [3.63, 3.8) is 0 Å². The molecule has 1 aromatic carbocycles. The van der Waals surface area contributed by atoms with E-state index in [9.17, 15) is 0 Å². The van der Waals surface area contributed by atoms with Crippen LogP contribution in [0.15, 0.2) is 16.5 Å². The maximum absolute atomic E-state index is 5.97. The predicted octanol–water partition coefficient (Wildman–Crippen LogP) is 3.24. The Morgan fingerprint density at radius 3 is 2.88 bits per heavy atom. The number of rotatable bonds is 3. The summed E-state index contributed by atoms with van der Waals surface area (Å²) in [7, 11) is 0. The number of nitrogens with zero attached hydrogens (tertiary/aromatic N) is 1. The fraction of sp³-hybridized carbons (Fsp3) is 0.417. The van der Waals surface area contributed by atoms with Gasteiger partial charge in [0.25, 0.3) is 0 Å². The molecule has 0 aliphatic rings. The lowest BCUT2D eigenvalue weighted by Gasteiger charge is -2.05. The fourth-order valence-corrected chi connectivity index (χ4v) is 2.06. The zero-order valence-electron chi connectivity index (χ0n) is 9.46. The summed E-state index contributed by atoms with van der Waals surface area (Å²) < 4.78 is 5.75. The van der Waals surface area contributed by atoms with Gasteiger partial charge in [0.15, 0.2) is 11.5 Å². The van der Waals surface area contributed by atoms with Crippen molar-refractivity contribution in [2.75, 3.05) is 6.54 Å². The summed E-state index contributed by atoms with van der Waals surface area (Å²) >= 11 is 5.97. The first kappa shape index (κ1) is 11.4. The number of halogens is 1. The summed E-state index contributed by atoms with van der Waals surface area (Å²) in [6, 6.07) is 3.70. The maximum atomic E-state index is 5.97. The van der Waals surface area contributed by atoms with Crippen LogP contribution in [0.3, 0.4) is 0 Å². The van der Waals surface area contributed by atoms with Gasteiger partial charge in [-0.05, 0) is 31.0 Å². The van der Waals surface area contributed by atoms with Crippen molar-refractivity contribution in [1.29, 1.82) is 0 Å². The van der Waals surface area contributed by atoms with Gasteiger partial charge in [-0.3, -0.25) is 0 Å². The van der Waals surface area contributed by atoms with E-state index < -0.39 is 0 Å². The van der Waals surface area contributed by atoms with Gasteiger partial charge in [0.1, 0.15) is 5.52 Å². The van der Waals surface area contributed by atoms with Crippen molar-refractivity contribution in [3.05, 3.63) is 28.6 Å². The Bertz CT molecular complexity index is 503. The number of fused-ring (bicyclic) bond motifs is 1. The summed E-state index contributed by atoms with van der Waals surface area (Å²) in [5.41, 5.74) is 8.31. The quantitative estimate of drug-likeness (QED) is 0.893. The van der Waals surface area contributed by atoms with Crippen molar-refractivity contribution < 1.29 is 4.42 Å². The molecule has 0 radical (unpaired) electrons. The molecule has 1 unspecified atom stereocenters. The van der Waals surface area contributed by atoms with Crippen molar-refractivity contribution in [1.82, 2.24) is 4.98 Å². The van der Waals surface area contributed by atoms with E-state index in [4.69, 9.17) is 21.8 Å². The normalized spacial score (nSPS) is 13.2. The molecule has 3 nitrogen and oxygen atoms in total. The minimum atomic E-state index is 0.186. The molecular weight excluding hydrogens is 224 g/mol. The molecule has 0 saturated heterocycles. The number of benzene rings is 1. The van der Waals surface area contributed by atoms with Crippen LogP contribution in [0.4, 0.5) is 0 Å². The molecule has 0 amide bonds. The summed E-state index contributed by atoms with van der Waals surface area (Å²) in [5.74, 6) is 0.899. The second-order valence-corrected chi connectivity index (χ2v) is 4.40. The molecule has 4 heteroatoms. The predicted molar refractivity (Wildman–Crippen MR) is 65.8 cm³/mol. The van der Waals surface area contributed by atoms with E-state index >= 15 is 0 Å². The number of aryl methyl sites for hydroxylation is 1. The molecule has 0 bridgehead atoms. The Morgan fingerprint density at radius 1 is 1.50 bits per heavy atom. The molecule has 1 atom stereocenters. The van der Waals surface area contributed by atoms with Crippen LogP contribution in [0.2, 0.25) is 5.02 Å². The summed E-state index contributed by atoms with van der Waals surface area (Å²) in [6.45, 7) is 4.59. The minimum Gasteiger partial charge on any atom is -0.440 e. The standard InChI is InChI=1S/C12H15ClN2O/c1-3-8(6-14)12-15-10-5-9(13)4-7(2)11(10)16-12/h4-5,8H,3,6,14H2,1-2H3. The Kier molecular flexibility index (Phi) is 3.17. The van der Waals surface area contributed by atoms with E-state index in [1.165, 1.54) is 0 Å². The Hall–Kier alpha value is -1.06. The molecule has 2 N–H and O–H groups in total. The van der Waals surface area contributed by atoms with E-state index in [1.807, 2.05) is 19.1 Å². The first-order valence-corrected chi connectivity index (χ1v) is 5.80. The number of nitrogens with two attached hydrogens (primary N) is 1. The molecule has 0 aliphatic heterocycles. The van der Waals surface area contributed by atoms with Crippen LogP contribution in [-0.4, -0.2) is 11.5 Å². The zero-order valence-corrected chi connectivity index (χ0v) is 10.2. The van der Waals surface area contributed by atoms with Gasteiger partial charge in [0.05, 0.1) is 0 Å². The van der Waals surface area contributed by atoms with Gasteiger partial charge in [-0.25, -0.2) is 4.98 Å². The molecule has 0 spiro atoms. The summed E-state index contributed by atoms with van der Waals surface area (Å²) in [4.78, 5) is 4.45. The van der Waals surface area contributed by atoms with Crippen LogP contribution < -0.4 is 5.73 Å². The highest BCUT2D eigenvalue weighted by atomic mass is 35.5. The van der Waals surface area contributed by atoms with E-state index in [2.05, 4.69) is 11.9 Å². The Balaban J connectivity index is 2.55. The molecule has 16 heavy (non-hydrogen) atoms. The topological polar surface area (TPSA) is 52.0 Å². The van der Waals surface area contributed by atoms with Gasteiger partial charge in [0.2, 0.25) is 0 Å². The van der Waals surface area contributed by atoms with Crippen molar-refractivity contribution in [2.45, 2.75) is 26.2 Å². The van der Waals surface area contributed by atoms with Gasteiger partial charge in [-0.2, -0.15) is 0 Å². The number of hydrogen-bond donors (Lipinski definition) is 1. The number of oxazole rings is 1. The van der Waals surface area contributed by atoms with E-state index in [0.29, 0.717) is 17.5 Å². The molecule has 0 aliphatic carbocycles. The first-order chi connectivity index (χ1) is 7.65. The van der Waals surface area contributed by atoms with Gasteiger partial charge in [-0.1, -0.05) is 18.5 Å². The molecule has 2 rings (SSSR count). The van der Waals surface area contributed by atoms with E-state index in [1.54, 1.807) is 0 Å². The smallest absolute Gasteiger partial charge is 0.199 e. The maximum Gasteiger partial charge on any atom is 0.199 e. The van der Waals surface area contributed by atoms with E-state index in [0.717, 1.165) is 23.1 Å². The largest absolute Gasteiger partial charge is 0.440 e. The Morgan fingerprint density at radius 2 is 2.25 bits per heavy atom. The second-order valence-electron chi connectivity index (χ2n) is 3.96. The fourth-order valence-electron chi connectivity index (χ4n) is 1.79. The van der Waals surface area contributed by atoms with Crippen LogP contribution in [-0.2, 0) is 0 Å². The third-order valence-electron chi connectivity index (χ3n) is 2.78. The second kappa shape index (κ2) is 4.44. The van der Waals surface area contributed by atoms with Crippen LogP contribution >= 0.6 is 11.6 Å². The molecule has 2 aromatic rings. The lowest BCUT2D eigenvalue weighted by Crippen LogP contribution is -2.11. The molecule has 1 aromatic heterocycles. The first-order valence-electron chi connectivity index (χ1n) is 5.42.